The average Bonchev–Trinajstić information content (AvgIpc) is 3.56. The number of carbonyl (C=O) groups is 2. The van der Waals surface area contributed by atoms with Crippen molar-refractivity contribution >= 4 is 28.6 Å². The summed E-state index contributed by atoms with van der Waals surface area (Å²) in [6, 6.07) is 14.2. The van der Waals surface area contributed by atoms with Gasteiger partial charge in [0, 0.05) is 48.3 Å². The van der Waals surface area contributed by atoms with E-state index in [0.717, 1.165) is 27.9 Å². The number of aromatic nitrogens is 2. The molecule has 2 amide bonds. The molecule has 0 radical (unpaired) electrons. The zero-order chi connectivity index (χ0) is 25.9. The lowest BCUT2D eigenvalue weighted by atomic mass is 9.89. The summed E-state index contributed by atoms with van der Waals surface area (Å²) in [6.07, 6.45) is 3.93. The average molecular weight is 502 g/mol. The molecule has 4 aromatic rings. The molecule has 0 bridgehead atoms. The van der Waals surface area contributed by atoms with Crippen molar-refractivity contribution in [3.8, 4) is 0 Å². The normalized spacial score (nSPS) is 14.1. The monoisotopic (exact) mass is 501 g/mol. The van der Waals surface area contributed by atoms with E-state index in [2.05, 4.69) is 16.4 Å². The van der Waals surface area contributed by atoms with Crippen LogP contribution in [-0.2, 0) is 6.42 Å². The molecule has 1 fully saturated rings. The first kappa shape index (κ1) is 24.2. The summed E-state index contributed by atoms with van der Waals surface area (Å²) in [5.74, 6) is -1.02. The first-order chi connectivity index (χ1) is 17.9. The number of benzene rings is 1. The van der Waals surface area contributed by atoms with Crippen molar-refractivity contribution in [2.45, 2.75) is 32.1 Å². The van der Waals surface area contributed by atoms with Gasteiger partial charge >= 0.3 is 5.88 Å². The Hall–Kier alpha value is -4.47. The Morgan fingerprint density at radius 1 is 1.16 bits per heavy atom. The minimum atomic E-state index is -0.667. The summed E-state index contributed by atoms with van der Waals surface area (Å²) < 4.78 is 5.07. The van der Waals surface area contributed by atoms with Gasteiger partial charge in [-0.25, -0.2) is 0 Å². The number of furan rings is 1. The SMILES string of the molecule is Cc1ccc(C(=O)NCCc2c[nH]c3ccccc23)c(C2CCN(C(=O)c3ccc([N+](=O)[O-])o3)CC2)n1. The lowest BCUT2D eigenvalue weighted by Gasteiger charge is -2.32. The number of carbonyl (C=O) groups excluding carboxylic acids is 2. The predicted molar refractivity (Wildman–Crippen MR) is 137 cm³/mol. The smallest absolute Gasteiger partial charge is 0.395 e. The first-order valence-corrected chi connectivity index (χ1v) is 12.2. The van der Waals surface area contributed by atoms with Crippen LogP contribution in [0.5, 0.6) is 0 Å². The molecule has 4 heterocycles. The lowest BCUT2D eigenvalue weighted by Crippen LogP contribution is -2.38. The molecule has 10 nitrogen and oxygen atoms in total. The van der Waals surface area contributed by atoms with E-state index in [1.807, 2.05) is 43.5 Å². The summed E-state index contributed by atoms with van der Waals surface area (Å²) in [7, 11) is 0. The molecule has 1 saturated heterocycles. The number of rotatable bonds is 7. The van der Waals surface area contributed by atoms with Crippen LogP contribution in [0.25, 0.3) is 10.9 Å². The second-order valence-corrected chi connectivity index (χ2v) is 9.21. The van der Waals surface area contributed by atoms with Crippen molar-refractivity contribution in [2.75, 3.05) is 19.6 Å². The number of likely N-dealkylation sites (tertiary alicyclic amines) is 1. The fourth-order valence-electron chi connectivity index (χ4n) is 4.88. The molecule has 190 valence electrons. The largest absolute Gasteiger partial charge is 0.433 e. The molecule has 5 rings (SSSR count). The fraction of sp³-hybridized carbons (Fsp3) is 0.296. The Labute approximate surface area is 212 Å². The van der Waals surface area contributed by atoms with E-state index in [1.54, 1.807) is 4.90 Å². The molecular weight excluding hydrogens is 474 g/mol. The highest BCUT2D eigenvalue weighted by molar-refractivity contribution is 5.95. The zero-order valence-corrected chi connectivity index (χ0v) is 20.4. The summed E-state index contributed by atoms with van der Waals surface area (Å²) >= 11 is 0. The first-order valence-electron chi connectivity index (χ1n) is 12.2. The summed E-state index contributed by atoms with van der Waals surface area (Å²) in [5.41, 5.74) is 4.34. The van der Waals surface area contributed by atoms with Gasteiger partial charge in [0.25, 0.3) is 11.8 Å². The molecule has 37 heavy (non-hydrogen) atoms. The topological polar surface area (TPSA) is 134 Å². The van der Waals surface area contributed by atoms with E-state index >= 15 is 0 Å². The van der Waals surface area contributed by atoms with Gasteiger partial charge in [-0.05, 0) is 56.0 Å². The van der Waals surface area contributed by atoms with Crippen LogP contribution in [-0.4, -0.2) is 51.2 Å². The van der Waals surface area contributed by atoms with E-state index < -0.39 is 10.8 Å². The Balaban J connectivity index is 1.22. The molecule has 3 aromatic heterocycles. The van der Waals surface area contributed by atoms with Crippen LogP contribution in [0.2, 0.25) is 0 Å². The van der Waals surface area contributed by atoms with Gasteiger partial charge in [-0.3, -0.25) is 24.7 Å². The number of nitrogens with zero attached hydrogens (tertiary/aromatic N) is 3. The highest BCUT2D eigenvalue weighted by atomic mass is 16.6. The molecule has 2 N–H and O–H groups in total. The number of pyridine rings is 1. The van der Waals surface area contributed by atoms with Crippen molar-refractivity contribution in [1.29, 1.82) is 0 Å². The second kappa shape index (κ2) is 10.3. The number of amides is 2. The number of nitro groups is 1. The molecule has 0 spiro atoms. The minimum Gasteiger partial charge on any atom is -0.395 e. The van der Waals surface area contributed by atoms with Gasteiger partial charge in [-0.2, -0.15) is 0 Å². The van der Waals surface area contributed by atoms with E-state index in [4.69, 9.17) is 9.40 Å². The number of hydrogen-bond donors (Lipinski definition) is 2. The maximum absolute atomic E-state index is 13.1. The molecule has 0 atom stereocenters. The van der Waals surface area contributed by atoms with Crippen molar-refractivity contribution in [3.05, 3.63) is 93.1 Å². The van der Waals surface area contributed by atoms with Crippen molar-refractivity contribution < 1.29 is 18.9 Å². The maximum atomic E-state index is 13.1. The summed E-state index contributed by atoms with van der Waals surface area (Å²) in [6.45, 7) is 3.27. The van der Waals surface area contributed by atoms with E-state index in [0.29, 0.717) is 44.5 Å². The van der Waals surface area contributed by atoms with Crippen molar-refractivity contribution in [3.63, 3.8) is 0 Å². The molecule has 1 aliphatic rings. The van der Waals surface area contributed by atoms with Crippen LogP contribution in [0.15, 0.2) is 59.1 Å². The van der Waals surface area contributed by atoms with E-state index in [-0.39, 0.29) is 23.5 Å². The molecule has 0 saturated carbocycles. The van der Waals surface area contributed by atoms with Crippen LogP contribution in [0.1, 0.15) is 56.6 Å². The van der Waals surface area contributed by atoms with Crippen molar-refractivity contribution in [1.82, 2.24) is 20.2 Å². The molecule has 1 aromatic carbocycles. The number of nitrogens with one attached hydrogen (secondary N) is 2. The third-order valence-electron chi connectivity index (χ3n) is 6.81. The Morgan fingerprint density at radius 2 is 1.95 bits per heavy atom. The van der Waals surface area contributed by atoms with Gasteiger partial charge in [0.15, 0.2) is 5.76 Å². The molecule has 10 heteroatoms. The number of para-hydroxylation sites is 1. The highest BCUT2D eigenvalue weighted by Gasteiger charge is 2.30. The minimum absolute atomic E-state index is 0.0178. The van der Waals surface area contributed by atoms with Crippen molar-refractivity contribution in [2.24, 2.45) is 0 Å². The van der Waals surface area contributed by atoms with Gasteiger partial charge in [0.2, 0.25) is 0 Å². The van der Waals surface area contributed by atoms with E-state index in [1.165, 1.54) is 12.1 Å². The lowest BCUT2D eigenvalue weighted by molar-refractivity contribution is -0.402. The Bertz CT molecular complexity index is 1460. The number of aromatic amines is 1. The summed E-state index contributed by atoms with van der Waals surface area (Å²) in [5, 5.41) is 15.0. The van der Waals surface area contributed by atoms with Gasteiger partial charge in [0.1, 0.15) is 4.92 Å². The van der Waals surface area contributed by atoms with E-state index in [9.17, 15) is 19.7 Å². The van der Waals surface area contributed by atoms with Gasteiger partial charge in [0.05, 0.1) is 17.3 Å². The maximum Gasteiger partial charge on any atom is 0.433 e. The predicted octanol–water partition coefficient (Wildman–Crippen LogP) is 4.36. The number of H-pyrrole nitrogens is 1. The van der Waals surface area contributed by atoms with Crippen LogP contribution in [0.3, 0.4) is 0 Å². The molecular formula is C27H27N5O5. The summed E-state index contributed by atoms with van der Waals surface area (Å²) in [4.78, 5) is 45.6. The second-order valence-electron chi connectivity index (χ2n) is 9.21. The highest BCUT2D eigenvalue weighted by Crippen LogP contribution is 2.30. The molecule has 0 aliphatic carbocycles. The number of piperidine rings is 1. The van der Waals surface area contributed by atoms with Crippen LogP contribution in [0, 0.1) is 17.0 Å². The van der Waals surface area contributed by atoms with Crippen LogP contribution >= 0.6 is 0 Å². The number of fused-ring (bicyclic) bond motifs is 1. The van der Waals surface area contributed by atoms with Crippen LogP contribution in [0.4, 0.5) is 5.88 Å². The third kappa shape index (κ3) is 5.09. The van der Waals surface area contributed by atoms with Gasteiger partial charge < -0.3 is 19.6 Å². The number of aryl methyl sites for hydroxylation is 1. The standard InChI is InChI=1S/C27H27N5O5/c1-17-6-7-21(26(33)28-13-10-19-16-29-22-5-3-2-4-20(19)22)25(30-17)18-11-14-31(15-12-18)27(34)23-8-9-24(37-23)32(35)36/h2-9,16,18,29H,10-15H2,1H3,(H,28,33). The van der Waals surface area contributed by atoms with Gasteiger partial charge in [-0.1, -0.05) is 18.2 Å². The third-order valence-corrected chi connectivity index (χ3v) is 6.81. The Kier molecular flexibility index (Phi) is 6.72. The fourth-order valence-corrected chi connectivity index (χ4v) is 4.88. The molecule has 1 aliphatic heterocycles. The Morgan fingerprint density at radius 3 is 2.70 bits per heavy atom. The quantitative estimate of drug-likeness (QED) is 0.285. The number of hydrogen-bond acceptors (Lipinski definition) is 6. The molecule has 0 unspecified atom stereocenters. The van der Waals surface area contributed by atoms with Gasteiger partial charge in [-0.15, -0.1) is 0 Å². The van der Waals surface area contributed by atoms with Crippen LogP contribution < -0.4 is 5.32 Å². The zero-order valence-electron chi connectivity index (χ0n) is 20.4.